The number of carbonyl (C=O) groups excluding carboxylic acids is 2. The molecule has 6 nitrogen and oxygen atoms in total. The number of esters is 1. The van der Waals surface area contributed by atoms with Crippen molar-refractivity contribution in [3.63, 3.8) is 0 Å². The molecule has 0 saturated heterocycles. The van der Waals surface area contributed by atoms with E-state index in [0.29, 0.717) is 5.69 Å². The first-order chi connectivity index (χ1) is 13.8. The zero-order valence-electron chi connectivity index (χ0n) is 17.5. The summed E-state index contributed by atoms with van der Waals surface area (Å²) in [6.07, 6.45) is 7.14. The number of ether oxygens (including phenoxy) is 2. The van der Waals surface area contributed by atoms with E-state index in [9.17, 15) is 9.59 Å². The molecule has 0 aliphatic heterocycles. The van der Waals surface area contributed by atoms with Crippen molar-refractivity contribution in [2.75, 3.05) is 11.4 Å². The minimum atomic E-state index is -0.629. The number of amides is 1. The maximum atomic E-state index is 13.0. The maximum Gasteiger partial charge on any atom is 0.415 e. The van der Waals surface area contributed by atoms with E-state index in [4.69, 9.17) is 9.47 Å². The van der Waals surface area contributed by atoms with Gasteiger partial charge < -0.3 is 9.47 Å². The van der Waals surface area contributed by atoms with Crippen molar-refractivity contribution in [3.8, 4) is 0 Å². The van der Waals surface area contributed by atoms with Gasteiger partial charge >= 0.3 is 12.1 Å². The zero-order valence-corrected chi connectivity index (χ0v) is 17.5. The molecule has 1 amide bonds. The van der Waals surface area contributed by atoms with E-state index >= 15 is 0 Å². The highest BCUT2D eigenvalue weighted by Crippen LogP contribution is 2.24. The first-order valence-electron chi connectivity index (χ1n) is 10.4. The lowest BCUT2D eigenvalue weighted by Crippen LogP contribution is -2.40. The van der Waals surface area contributed by atoms with Gasteiger partial charge in [-0.3, -0.25) is 14.7 Å². The summed E-state index contributed by atoms with van der Waals surface area (Å²) in [5, 5.41) is 0.890. The molecule has 1 aliphatic rings. The van der Waals surface area contributed by atoms with Crippen LogP contribution in [0.1, 0.15) is 59.3 Å². The molecule has 0 atom stereocenters. The molecule has 1 heterocycles. The first-order valence-corrected chi connectivity index (χ1v) is 10.4. The van der Waals surface area contributed by atoms with Gasteiger partial charge in [-0.2, -0.15) is 0 Å². The molecule has 3 rings (SSSR count). The Labute approximate surface area is 172 Å². The summed E-state index contributed by atoms with van der Waals surface area (Å²) in [4.78, 5) is 31.3. The van der Waals surface area contributed by atoms with Gasteiger partial charge in [-0.15, -0.1) is 0 Å². The standard InChI is InChI=1S/C23H30N2O4/c1-23(2,3)29-21(26)16-25(22(27)28-19-11-6-4-5-7-12-19)18-14-17-10-8-9-13-20(17)24-15-18/h8-10,13-15,19H,4-7,11-12,16H2,1-3H3. The van der Waals surface area contributed by atoms with Crippen LogP contribution in [0.2, 0.25) is 0 Å². The Morgan fingerprint density at radius 2 is 1.79 bits per heavy atom. The molecule has 0 bridgehead atoms. The fourth-order valence-electron chi connectivity index (χ4n) is 3.54. The van der Waals surface area contributed by atoms with Crippen molar-refractivity contribution < 1.29 is 19.1 Å². The van der Waals surface area contributed by atoms with Crippen LogP contribution in [0.5, 0.6) is 0 Å². The van der Waals surface area contributed by atoms with E-state index in [2.05, 4.69) is 4.98 Å². The lowest BCUT2D eigenvalue weighted by atomic mass is 10.1. The molecular formula is C23H30N2O4. The third-order valence-corrected chi connectivity index (χ3v) is 4.89. The molecule has 2 aromatic rings. The molecule has 0 radical (unpaired) electrons. The lowest BCUT2D eigenvalue weighted by molar-refractivity contribution is -0.153. The Bertz CT molecular complexity index is 851. The molecule has 0 N–H and O–H groups in total. The van der Waals surface area contributed by atoms with E-state index in [1.165, 1.54) is 17.7 Å². The van der Waals surface area contributed by atoms with Gasteiger partial charge in [-0.05, 0) is 58.6 Å². The number of nitrogens with zero attached hydrogens (tertiary/aromatic N) is 2. The third-order valence-electron chi connectivity index (χ3n) is 4.89. The molecule has 1 aliphatic carbocycles. The van der Waals surface area contributed by atoms with Crippen LogP contribution in [0.4, 0.5) is 10.5 Å². The number of carbonyl (C=O) groups is 2. The predicted molar refractivity (Wildman–Crippen MR) is 113 cm³/mol. The van der Waals surface area contributed by atoms with E-state index in [-0.39, 0.29) is 12.6 Å². The van der Waals surface area contributed by atoms with Crippen molar-refractivity contribution in [2.24, 2.45) is 0 Å². The highest BCUT2D eigenvalue weighted by molar-refractivity contribution is 5.95. The maximum absolute atomic E-state index is 13.0. The van der Waals surface area contributed by atoms with Gasteiger partial charge in [0.15, 0.2) is 0 Å². The average Bonchev–Trinajstić information content (AvgIpc) is 2.93. The molecule has 1 fully saturated rings. The fraction of sp³-hybridized carbons (Fsp3) is 0.522. The summed E-state index contributed by atoms with van der Waals surface area (Å²) >= 11 is 0. The van der Waals surface area contributed by atoms with Crippen LogP contribution in [0.3, 0.4) is 0 Å². The molecule has 29 heavy (non-hydrogen) atoms. The average molecular weight is 399 g/mol. The van der Waals surface area contributed by atoms with Gasteiger partial charge in [0.05, 0.1) is 17.4 Å². The van der Waals surface area contributed by atoms with Crippen molar-refractivity contribution in [1.29, 1.82) is 0 Å². The number of hydrogen-bond acceptors (Lipinski definition) is 5. The Kier molecular flexibility index (Phi) is 6.72. The molecule has 1 aromatic carbocycles. The van der Waals surface area contributed by atoms with Crippen LogP contribution in [0.15, 0.2) is 36.5 Å². The molecular weight excluding hydrogens is 368 g/mol. The number of pyridine rings is 1. The quantitative estimate of drug-likeness (QED) is 0.520. The molecule has 6 heteroatoms. The van der Waals surface area contributed by atoms with Crippen molar-refractivity contribution in [1.82, 2.24) is 4.98 Å². The number of para-hydroxylation sites is 1. The van der Waals surface area contributed by atoms with Gasteiger partial charge in [-0.1, -0.05) is 31.0 Å². The highest BCUT2D eigenvalue weighted by Gasteiger charge is 2.27. The topological polar surface area (TPSA) is 68.7 Å². The smallest absolute Gasteiger partial charge is 0.415 e. The monoisotopic (exact) mass is 398 g/mol. The van der Waals surface area contributed by atoms with Crippen molar-refractivity contribution >= 4 is 28.7 Å². The largest absolute Gasteiger partial charge is 0.459 e. The lowest BCUT2D eigenvalue weighted by Gasteiger charge is -2.26. The number of benzene rings is 1. The van der Waals surface area contributed by atoms with Gasteiger partial charge in [0, 0.05) is 5.39 Å². The van der Waals surface area contributed by atoms with Crippen molar-refractivity contribution in [2.45, 2.75) is 71.0 Å². The summed E-state index contributed by atoms with van der Waals surface area (Å²) in [5.74, 6) is -0.483. The number of aromatic nitrogens is 1. The second-order valence-electron chi connectivity index (χ2n) is 8.56. The third kappa shape index (κ3) is 6.17. The van der Waals surface area contributed by atoms with Crippen molar-refractivity contribution in [3.05, 3.63) is 36.5 Å². The Morgan fingerprint density at radius 1 is 1.10 bits per heavy atom. The zero-order chi connectivity index (χ0) is 20.9. The SMILES string of the molecule is CC(C)(C)OC(=O)CN(C(=O)OC1CCCCCC1)c1cnc2ccccc2c1. The Balaban J connectivity index is 1.83. The van der Waals surface area contributed by atoms with E-state index in [0.717, 1.165) is 36.6 Å². The molecule has 1 aromatic heterocycles. The number of rotatable bonds is 4. The predicted octanol–water partition coefficient (Wildman–Crippen LogP) is 5.24. The van der Waals surface area contributed by atoms with Gasteiger partial charge in [0.25, 0.3) is 0 Å². The number of anilines is 1. The van der Waals surface area contributed by atoms with Crippen LogP contribution in [0.25, 0.3) is 10.9 Å². The minimum absolute atomic E-state index is 0.112. The highest BCUT2D eigenvalue weighted by atomic mass is 16.6. The summed E-state index contributed by atoms with van der Waals surface area (Å²) in [6.45, 7) is 5.19. The summed E-state index contributed by atoms with van der Waals surface area (Å²) in [7, 11) is 0. The summed E-state index contributed by atoms with van der Waals surface area (Å²) in [5.41, 5.74) is 0.717. The van der Waals surface area contributed by atoms with Crippen LogP contribution < -0.4 is 4.90 Å². The molecule has 0 unspecified atom stereocenters. The van der Waals surface area contributed by atoms with Crippen LogP contribution in [0, 0.1) is 0 Å². The second kappa shape index (κ2) is 9.25. The van der Waals surface area contributed by atoms with E-state index in [1.807, 2.05) is 30.3 Å². The number of fused-ring (bicyclic) bond motifs is 1. The van der Waals surface area contributed by atoms with Crippen LogP contribution in [-0.4, -0.2) is 35.3 Å². The summed E-state index contributed by atoms with van der Waals surface area (Å²) in [6, 6.07) is 9.50. The van der Waals surface area contributed by atoms with Crippen LogP contribution in [-0.2, 0) is 14.3 Å². The van der Waals surface area contributed by atoms with Gasteiger partial charge in [0.2, 0.25) is 0 Å². The van der Waals surface area contributed by atoms with Gasteiger partial charge in [0.1, 0.15) is 18.2 Å². The fourth-order valence-corrected chi connectivity index (χ4v) is 3.54. The second-order valence-corrected chi connectivity index (χ2v) is 8.56. The normalized spacial score (nSPS) is 15.6. The molecule has 0 spiro atoms. The molecule has 156 valence electrons. The van der Waals surface area contributed by atoms with Crippen LogP contribution >= 0.6 is 0 Å². The van der Waals surface area contributed by atoms with E-state index in [1.54, 1.807) is 27.0 Å². The Hall–Kier alpha value is -2.63. The Morgan fingerprint density at radius 3 is 2.48 bits per heavy atom. The van der Waals surface area contributed by atoms with Gasteiger partial charge in [-0.25, -0.2) is 4.79 Å². The minimum Gasteiger partial charge on any atom is -0.459 e. The summed E-state index contributed by atoms with van der Waals surface area (Å²) < 4.78 is 11.2. The first kappa shape index (κ1) is 21.1. The number of hydrogen-bond donors (Lipinski definition) is 0. The molecule has 1 saturated carbocycles. The van der Waals surface area contributed by atoms with E-state index < -0.39 is 17.7 Å².